The zero-order valence-corrected chi connectivity index (χ0v) is 22.1. The number of nitrogens with zero attached hydrogens (tertiary/aromatic N) is 2. The summed E-state index contributed by atoms with van der Waals surface area (Å²) in [5, 5.41) is 2.79. The van der Waals surface area contributed by atoms with Gasteiger partial charge in [0.15, 0.2) is 0 Å². The molecule has 1 aliphatic rings. The van der Waals surface area contributed by atoms with Crippen LogP contribution >= 0.6 is 0 Å². The Morgan fingerprint density at radius 1 is 1.19 bits per heavy atom. The number of carbonyl (C=O) groups is 1. The van der Waals surface area contributed by atoms with Crippen molar-refractivity contribution in [1.82, 2.24) is 10.2 Å². The molecule has 0 spiro atoms. The van der Waals surface area contributed by atoms with E-state index in [4.69, 9.17) is 15.5 Å². The molecule has 0 aromatic heterocycles. The van der Waals surface area contributed by atoms with Gasteiger partial charge < -0.3 is 20.7 Å². The Morgan fingerprint density at radius 3 is 2.44 bits per heavy atom. The van der Waals surface area contributed by atoms with Crippen LogP contribution in [0.15, 0.2) is 4.99 Å². The lowest BCUT2D eigenvalue weighted by molar-refractivity contribution is 0.0527. The normalized spacial score (nSPS) is 17.8. The molecule has 188 valence electrons. The monoisotopic (exact) mass is 452 g/mol. The SMILES string of the molecule is CCC(C)CCN(CCN=C(C)C(N)CCCNC(=O)OC(C)(C)C)CCC1(CC)CC1. The molecule has 2 atom stereocenters. The minimum Gasteiger partial charge on any atom is -0.444 e. The molecule has 0 aromatic rings. The van der Waals surface area contributed by atoms with Crippen molar-refractivity contribution in [3.63, 3.8) is 0 Å². The second-order valence-corrected chi connectivity index (χ2v) is 10.9. The topological polar surface area (TPSA) is 80.0 Å². The highest BCUT2D eigenvalue weighted by molar-refractivity contribution is 5.87. The van der Waals surface area contributed by atoms with Crippen molar-refractivity contribution < 1.29 is 9.53 Å². The summed E-state index contributed by atoms with van der Waals surface area (Å²) in [5.74, 6) is 0.784. The van der Waals surface area contributed by atoms with E-state index < -0.39 is 5.60 Å². The predicted octanol–water partition coefficient (Wildman–Crippen LogP) is 5.40. The van der Waals surface area contributed by atoms with Crippen LogP contribution in [0.25, 0.3) is 0 Å². The third-order valence-electron chi connectivity index (χ3n) is 6.97. The molecule has 2 unspecified atom stereocenters. The third-order valence-corrected chi connectivity index (χ3v) is 6.97. The van der Waals surface area contributed by atoms with Gasteiger partial charge in [0.1, 0.15) is 5.60 Å². The van der Waals surface area contributed by atoms with E-state index in [0.717, 1.165) is 37.6 Å². The molecule has 0 heterocycles. The quantitative estimate of drug-likeness (QED) is 0.243. The summed E-state index contributed by atoms with van der Waals surface area (Å²) < 4.78 is 5.25. The molecule has 0 bridgehead atoms. The Hall–Kier alpha value is -1.14. The van der Waals surface area contributed by atoms with E-state index in [2.05, 4.69) is 31.0 Å². The Balaban J connectivity index is 2.36. The zero-order valence-electron chi connectivity index (χ0n) is 22.1. The predicted molar refractivity (Wildman–Crippen MR) is 137 cm³/mol. The van der Waals surface area contributed by atoms with Crippen LogP contribution < -0.4 is 11.1 Å². The van der Waals surface area contributed by atoms with Gasteiger partial charge in [-0.25, -0.2) is 4.79 Å². The lowest BCUT2D eigenvalue weighted by Crippen LogP contribution is -2.35. The molecule has 6 heteroatoms. The summed E-state index contributed by atoms with van der Waals surface area (Å²) in [7, 11) is 0. The molecular formula is C26H52N4O2. The highest BCUT2D eigenvalue weighted by Crippen LogP contribution is 2.51. The number of ether oxygens (including phenoxy) is 1. The Labute approximate surface area is 198 Å². The van der Waals surface area contributed by atoms with Gasteiger partial charge in [0.25, 0.3) is 0 Å². The average Bonchev–Trinajstić information content (AvgIpc) is 3.51. The number of hydrogen-bond acceptors (Lipinski definition) is 5. The number of nitrogens with one attached hydrogen (secondary N) is 1. The van der Waals surface area contributed by atoms with Gasteiger partial charge in [0.2, 0.25) is 0 Å². The molecule has 1 aliphatic carbocycles. The molecule has 0 radical (unpaired) electrons. The van der Waals surface area contributed by atoms with Crippen LogP contribution in [0, 0.1) is 11.3 Å². The molecule has 1 rings (SSSR count). The van der Waals surface area contributed by atoms with E-state index in [9.17, 15) is 4.79 Å². The van der Waals surface area contributed by atoms with Crippen LogP contribution in [0.5, 0.6) is 0 Å². The van der Waals surface area contributed by atoms with E-state index in [1.807, 2.05) is 27.7 Å². The molecule has 1 saturated carbocycles. The van der Waals surface area contributed by atoms with Crippen molar-refractivity contribution >= 4 is 11.8 Å². The van der Waals surface area contributed by atoms with Crippen molar-refractivity contribution in [2.45, 2.75) is 111 Å². The summed E-state index contributed by atoms with van der Waals surface area (Å²) in [6.45, 7) is 19.4. The fourth-order valence-corrected chi connectivity index (χ4v) is 3.82. The fourth-order valence-electron chi connectivity index (χ4n) is 3.82. The van der Waals surface area contributed by atoms with E-state index in [1.165, 1.54) is 51.6 Å². The first-order valence-corrected chi connectivity index (χ1v) is 13.0. The Bertz CT molecular complexity index is 567. The smallest absolute Gasteiger partial charge is 0.407 e. The summed E-state index contributed by atoms with van der Waals surface area (Å²) >= 11 is 0. The molecule has 3 N–H and O–H groups in total. The molecular weight excluding hydrogens is 400 g/mol. The van der Waals surface area contributed by atoms with Gasteiger partial charge in [0.05, 0.1) is 6.54 Å². The highest BCUT2D eigenvalue weighted by atomic mass is 16.6. The third kappa shape index (κ3) is 12.8. The molecule has 0 saturated heterocycles. The van der Waals surface area contributed by atoms with Crippen molar-refractivity contribution in [1.29, 1.82) is 0 Å². The summed E-state index contributed by atoms with van der Waals surface area (Å²) in [6.07, 6.45) is 9.25. The van der Waals surface area contributed by atoms with Crippen molar-refractivity contribution in [2.24, 2.45) is 22.1 Å². The van der Waals surface area contributed by atoms with Gasteiger partial charge in [-0.1, -0.05) is 33.6 Å². The van der Waals surface area contributed by atoms with Crippen LogP contribution in [-0.2, 0) is 4.74 Å². The van der Waals surface area contributed by atoms with Gasteiger partial charge in [-0.3, -0.25) is 4.99 Å². The summed E-state index contributed by atoms with van der Waals surface area (Å²) in [6, 6.07) is -0.0566. The highest BCUT2D eigenvalue weighted by Gasteiger charge is 2.40. The molecule has 32 heavy (non-hydrogen) atoms. The van der Waals surface area contributed by atoms with Crippen LogP contribution in [0.3, 0.4) is 0 Å². The standard InChI is InChI=1S/C26H52N4O2/c1-8-21(3)12-18-30(19-15-26(9-2)13-14-26)20-17-28-22(4)23(27)11-10-16-29-24(31)32-25(5,6)7/h21,23H,8-20,27H2,1-7H3,(H,29,31). The van der Waals surface area contributed by atoms with E-state index in [1.54, 1.807) is 0 Å². The van der Waals surface area contributed by atoms with E-state index in [-0.39, 0.29) is 12.1 Å². The first-order valence-electron chi connectivity index (χ1n) is 13.0. The number of hydrogen-bond donors (Lipinski definition) is 2. The Morgan fingerprint density at radius 2 is 1.88 bits per heavy atom. The molecule has 6 nitrogen and oxygen atoms in total. The van der Waals surface area contributed by atoms with E-state index >= 15 is 0 Å². The lowest BCUT2D eigenvalue weighted by atomic mass is 9.98. The van der Waals surface area contributed by atoms with Gasteiger partial charge >= 0.3 is 6.09 Å². The number of alkyl carbamates (subject to hydrolysis) is 1. The van der Waals surface area contributed by atoms with Crippen molar-refractivity contribution in [2.75, 3.05) is 32.7 Å². The van der Waals surface area contributed by atoms with Crippen LogP contribution in [-0.4, -0.2) is 61.1 Å². The maximum atomic E-state index is 11.7. The zero-order chi connectivity index (χ0) is 24.2. The average molecular weight is 453 g/mol. The second kappa shape index (κ2) is 14.2. The lowest BCUT2D eigenvalue weighted by Gasteiger charge is -2.25. The largest absolute Gasteiger partial charge is 0.444 e. The van der Waals surface area contributed by atoms with E-state index in [0.29, 0.717) is 12.0 Å². The van der Waals surface area contributed by atoms with Gasteiger partial charge in [0, 0.05) is 24.8 Å². The van der Waals surface area contributed by atoms with Crippen molar-refractivity contribution in [3.05, 3.63) is 0 Å². The second-order valence-electron chi connectivity index (χ2n) is 10.9. The van der Waals surface area contributed by atoms with Gasteiger partial charge in [-0.15, -0.1) is 0 Å². The minimum absolute atomic E-state index is 0.0566. The first-order chi connectivity index (χ1) is 15.0. The first kappa shape index (κ1) is 28.9. The molecule has 1 amide bonds. The molecule has 1 fully saturated rings. The summed E-state index contributed by atoms with van der Waals surface area (Å²) in [4.78, 5) is 19.1. The van der Waals surface area contributed by atoms with Gasteiger partial charge in [-0.05, 0) is 90.6 Å². The fraction of sp³-hybridized carbons (Fsp3) is 0.923. The van der Waals surface area contributed by atoms with Crippen LogP contribution in [0.2, 0.25) is 0 Å². The van der Waals surface area contributed by atoms with Crippen LogP contribution in [0.4, 0.5) is 4.79 Å². The van der Waals surface area contributed by atoms with Gasteiger partial charge in [-0.2, -0.15) is 0 Å². The molecule has 0 aliphatic heterocycles. The number of amides is 1. The number of carbonyl (C=O) groups excluding carboxylic acids is 1. The maximum absolute atomic E-state index is 11.7. The maximum Gasteiger partial charge on any atom is 0.407 e. The summed E-state index contributed by atoms with van der Waals surface area (Å²) in [5.41, 5.74) is 7.51. The van der Waals surface area contributed by atoms with Crippen molar-refractivity contribution in [3.8, 4) is 0 Å². The number of nitrogens with two attached hydrogens (primary N) is 1. The Kier molecular flexibility index (Phi) is 12.8. The van der Waals surface area contributed by atoms with Crippen LogP contribution in [0.1, 0.15) is 99.8 Å². The molecule has 0 aromatic carbocycles. The number of rotatable bonds is 16. The minimum atomic E-state index is -0.470. The number of aliphatic imine (C=N–C) groups is 1.